The van der Waals surface area contributed by atoms with Gasteiger partial charge in [-0.25, -0.2) is 17.7 Å². The SMILES string of the molecule is COc1ccc2cc1OCCCN(C(=O)CCN1C(=O)c3ccccc3S1(=O)=O)CC(=O)N[C@@H](C(C)C)C(=O)NCc1nc-2oc1C. The molecule has 3 aromatic rings. The van der Waals surface area contributed by atoms with E-state index in [1.807, 2.05) is 0 Å². The van der Waals surface area contributed by atoms with Gasteiger partial charge in [0.15, 0.2) is 11.5 Å². The van der Waals surface area contributed by atoms with E-state index in [4.69, 9.17) is 13.9 Å². The van der Waals surface area contributed by atoms with Gasteiger partial charge in [0.25, 0.3) is 15.9 Å². The van der Waals surface area contributed by atoms with Crippen LogP contribution in [0.1, 0.15) is 48.5 Å². The molecular formula is C32H37N5O9S. The van der Waals surface area contributed by atoms with E-state index in [-0.39, 0.29) is 48.9 Å². The van der Waals surface area contributed by atoms with E-state index in [1.54, 1.807) is 45.0 Å². The Hall–Kier alpha value is -4.92. The molecule has 0 saturated heterocycles. The van der Waals surface area contributed by atoms with Crippen molar-refractivity contribution in [2.75, 3.05) is 33.4 Å². The van der Waals surface area contributed by atoms with Crippen LogP contribution in [0.4, 0.5) is 0 Å². The minimum absolute atomic E-state index is 0.0450. The lowest BCUT2D eigenvalue weighted by molar-refractivity contribution is -0.137. The van der Waals surface area contributed by atoms with Gasteiger partial charge in [-0.15, -0.1) is 0 Å². The molecule has 0 saturated carbocycles. The maximum absolute atomic E-state index is 13.5. The van der Waals surface area contributed by atoms with Crippen LogP contribution < -0.4 is 20.1 Å². The third kappa shape index (κ3) is 7.09. The van der Waals surface area contributed by atoms with Gasteiger partial charge in [0.1, 0.15) is 22.4 Å². The number of aryl methyl sites for hydroxylation is 1. The molecule has 0 spiro atoms. The Morgan fingerprint density at radius 1 is 1.15 bits per heavy atom. The molecule has 5 rings (SSSR count). The van der Waals surface area contributed by atoms with E-state index in [1.165, 1.54) is 30.2 Å². The quantitative estimate of drug-likeness (QED) is 0.410. The number of nitrogens with zero attached hydrogens (tertiary/aromatic N) is 3. The number of oxazole rings is 1. The second-order valence-electron chi connectivity index (χ2n) is 11.5. The smallest absolute Gasteiger partial charge is 0.269 e. The summed E-state index contributed by atoms with van der Waals surface area (Å²) in [6, 6.07) is 10.1. The minimum Gasteiger partial charge on any atom is -0.493 e. The van der Waals surface area contributed by atoms with E-state index in [0.717, 1.165) is 0 Å². The van der Waals surface area contributed by atoms with Crippen LogP contribution >= 0.6 is 0 Å². The second kappa shape index (κ2) is 13.8. The molecule has 2 aromatic carbocycles. The molecule has 2 aliphatic heterocycles. The molecule has 0 fully saturated rings. The summed E-state index contributed by atoms with van der Waals surface area (Å²) < 4.78 is 44.0. The van der Waals surface area contributed by atoms with Gasteiger partial charge in [0.2, 0.25) is 23.6 Å². The van der Waals surface area contributed by atoms with E-state index in [2.05, 4.69) is 15.6 Å². The fourth-order valence-electron chi connectivity index (χ4n) is 5.38. The van der Waals surface area contributed by atoms with Gasteiger partial charge in [-0.05, 0) is 49.6 Å². The summed E-state index contributed by atoms with van der Waals surface area (Å²) in [5.41, 5.74) is 1.18. The molecular weight excluding hydrogens is 630 g/mol. The first-order chi connectivity index (χ1) is 22.4. The highest BCUT2D eigenvalue weighted by atomic mass is 32.2. The van der Waals surface area contributed by atoms with Crippen LogP contribution in [0.15, 0.2) is 51.8 Å². The lowest BCUT2D eigenvalue weighted by Gasteiger charge is -2.26. The van der Waals surface area contributed by atoms with Gasteiger partial charge in [-0.2, -0.15) is 0 Å². The molecule has 1 aromatic heterocycles. The second-order valence-corrected chi connectivity index (χ2v) is 13.4. The molecule has 0 unspecified atom stereocenters. The molecule has 4 amide bonds. The molecule has 250 valence electrons. The average Bonchev–Trinajstić information content (AvgIpc) is 3.51. The summed E-state index contributed by atoms with van der Waals surface area (Å²) in [5, 5.41) is 5.53. The Labute approximate surface area is 272 Å². The zero-order chi connectivity index (χ0) is 33.9. The van der Waals surface area contributed by atoms with E-state index >= 15 is 0 Å². The molecule has 14 nitrogen and oxygen atoms in total. The Balaban J connectivity index is 1.37. The third-order valence-electron chi connectivity index (χ3n) is 7.96. The number of sulfonamides is 1. The number of aromatic nitrogens is 1. The van der Waals surface area contributed by atoms with Crippen molar-refractivity contribution in [2.24, 2.45) is 5.92 Å². The van der Waals surface area contributed by atoms with Crippen LogP contribution in [0, 0.1) is 12.8 Å². The molecule has 3 heterocycles. The Morgan fingerprint density at radius 3 is 2.64 bits per heavy atom. The number of amides is 4. The first-order valence-corrected chi connectivity index (χ1v) is 16.6. The summed E-state index contributed by atoms with van der Waals surface area (Å²) in [6.45, 7) is 4.75. The lowest BCUT2D eigenvalue weighted by atomic mass is 10.0. The molecule has 0 aliphatic carbocycles. The molecule has 1 atom stereocenters. The van der Waals surface area contributed by atoms with Crippen molar-refractivity contribution in [2.45, 2.75) is 51.1 Å². The normalized spacial score (nSPS) is 18.5. The van der Waals surface area contributed by atoms with Crippen LogP contribution in [0.2, 0.25) is 0 Å². The summed E-state index contributed by atoms with van der Waals surface area (Å²) >= 11 is 0. The number of hydrogen-bond acceptors (Lipinski definition) is 10. The highest BCUT2D eigenvalue weighted by Gasteiger charge is 2.41. The van der Waals surface area contributed by atoms with Gasteiger partial charge < -0.3 is 29.4 Å². The van der Waals surface area contributed by atoms with E-state index < -0.39 is 52.8 Å². The Bertz CT molecular complexity index is 1800. The highest BCUT2D eigenvalue weighted by Crippen LogP contribution is 2.33. The third-order valence-corrected chi connectivity index (χ3v) is 9.80. The van der Waals surface area contributed by atoms with Crippen LogP contribution in [-0.4, -0.2) is 85.6 Å². The molecule has 4 bridgehead atoms. The first-order valence-electron chi connectivity index (χ1n) is 15.2. The number of carbonyl (C=O) groups excluding carboxylic acids is 4. The molecule has 0 radical (unpaired) electrons. The van der Waals surface area contributed by atoms with Crippen molar-refractivity contribution in [1.82, 2.24) is 24.8 Å². The lowest BCUT2D eigenvalue weighted by Crippen LogP contribution is -2.52. The number of hydrogen-bond donors (Lipinski definition) is 2. The fourth-order valence-corrected chi connectivity index (χ4v) is 6.95. The van der Waals surface area contributed by atoms with Gasteiger partial charge in [-0.1, -0.05) is 26.0 Å². The Morgan fingerprint density at radius 2 is 1.91 bits per heavy atom. The fraction of sp³-hybridized carbons (Fsp3) is 0.406. The van der Waals surface area contributed by atoms with Gasteiger partial charge >= 0.3 is 0 Å². The molecule has 2 N–H and O–H groups in total. The van der Waals surface area contributed by atoms with Crippen molar-refractivity contribution in [3.05, 3.63) is 59.5 Å². The maximum Gasteiger partial charge on any atom is 0.269 e. The average molecular weight is 668 g/mol. The van der Waals surface area contributed by atoms with Crippen molar-refractivity contribution >= 4 is 33.7 Å². The number of methoxy groups -OCH3 is 1. The molecule has 15 heteroatoms. The van der Waals surface area contributed by atoms with Crippen LogP contribution in [0.5, 0.6) is 11.5 Å². The van der Waals surface area contributed by atoms with Crippen molar-refractivity contribution in [1.29, 1.82) is 0 Å². The number of carbonyl (C=O) groups is 4. The van der Waals surface area contributed by atoms with Crippen molar-refractivity contribution in [3.63, 3.8) is 0 Å². The Kier molecular flexibility index (Phi) is 9.84. The zero-order valence-corrected chi connectivity index (χ0v) is 27.4. The van der Waals surface area contributed by atoms with Crippen molar-refractivity contribution in [3.8, 4) is 23.0 Å². The summed E-state index contributed by atoms with van der Waals surface area (Å²) in [7, 11) is -2.61. The predicted molar refractivity (Wildman–Crippen MR) is 168 cm³/mol. The topological polar surface area (TPSA) is 177 Å². The number of nitrogens with one attached hydrogen (secondary N) is 2. The standard InChI is InChI=1S/C32H37N5O9S/c1-19(2)29-30(40)33-17-23-20(3)46-31(34-23)21-10-11-24(44-4)25(16-21)45-15-7-13-36(18-27(38)35-29)28(39)12-14-37-32(41)22-8-5-6-9-26(22)47(37,42)43/h5-6,8-11,16,19,29H,7,12-15,17-18H2,1-4H3,(H,33,40)(H,35,38)/t29-/m0/s1. The largest absolute Gasteiger partial charge is 0.493 e. The van der Waals surface area contributed by atoms with Gasteiger partial charge in [0, 0.05) is 25.1 Å². The number of fused-ring (bicyclic) bond motifs is 6. The minimum atomic E-state index is -4.11. The van der Waals surface area contributed by atoms with Gasteiger partial charge in [-0.3, -0.25) is 19.2 Å². The van der Waals surface area contributed by atoms with Gasteiger partial charge in [0.05, 0.1) is 32.4 Å². The number of rotatable bonds is 5. The number of ether oxygens (including phenoxy) is 2. The maximum atomic E-state index is 13.5. The van der Waals surface area contributed by atoms with Crippen molar-refractivity contribution < 1.29 is 41.5 Å². The first kappa shape index (κ1) is 33.4. The van der Waals surface area contributed by atoms with Crippen LogP contribution in [-0.2, 0) is 31.0 Å². The zero-order valence-electron chi connectivity index (χ0n) is 26.6. The van der Waals surface area contributed by atoms with E-state index in [9.17, 15) is 27.6 Å². The monoisotopic (exact) mass is 667 g/mol. The van der Waals surface area contributed by atoms with Crippen LogP contribution in [0.25, 0.3) is 11.5 Å². The van der Waals surface area contributed by atoms with Crippen LogP contribution in [0.3, 0.4) is 0 Å². The predicted octanol–water partition coefficient (Wildman–Crippen LogP) is 2.26. The van der Waals surface area contributed by atoms with E-state index in [0.29, 0.717) is 38.7 Å². The summed E-state index contributed by atoms with van der Waals surface area (Å²) in [4.78, 5) is 58.5. The highest BCUT2D eigenvalue weighted by molar-refractivity contribution is 7.90. The molecule has 47 heavy (non-hydrogen) atoms. The number of benzene rings is 2. The molecule has 2 aliphatic rings. The summed E-state index contributed by atoms with van der Waals surface area (Å²) in [6.07, 6.45) is -0.0667. The summed E-state index contributed by atoms with van der Waals surface area (Å²) in [5.74, 6) is -0.857.